The summed E-state index contributed by atoms with van der Waals surface area (Å²) in [6.45, 7) is 3.69. The number of carbonyl (C=O) groups excluding carboxylic acids is 2. The maximum Gasteiger partial charge on any atom is 0.270 e. The predicted molar refractivity (Wildman–Crippen MR) is 133 cm³/mol. The topological polar surface area (TPSA) is 108 Å². The molecule has 2 aromatic heterocycles. The Kier molecular flexibility index (Phi) is 5.93. The molecule has 174 valence electrons. The zero-order valence-corrected chi connectivity index (χ0v) is 19.5. The van der Waals surface area contributed by atoms with Crippen LogP contribution in [0.3, 0.4) is 0 Å². The van der Waals surface area contributed by atoms with E-state index in [-0.39, 0.29) is 11.9 Å². The van der Waals surface area contributed by atoms with Gasteiger partial charge in [0.2, 0.25) is 0 Å². The predicted octanol–water partition coefficient (Wildman–Crippen LogP) is 3.65. The van der Waals surface area contributed by atoms with Crippen LogP contribution in [-0.2, 0) is 11.3 Å². The first-order valence-electron chi connectivity index (χ1n) is 11.3. The highest BCUT2D eigenvalue weighted by Crippen LogP contribution is 2.26. The molecule has 2 aromatic carbocycles. The molecule has 1 aliphatic heterocycles. The monoisotopic (exact) mass is 476 g/mol. The lowest BCUT2D eigenvalue weighted by Gasteiger charge is -2.45. The van der Waals surface area contributed by atoms with Crippen LogP contribution in [0.4, 0.5) is 5.82 Å². The Hall–Kier alpha value is -3.49. The van der Waals surface area contributed by atoms with Gasteiger partial charge in [0.15, 0.2) is 0 Å². The van der Waals surface area contributed by atoms with E-state index in [1.807, 2.05) is 48.2 Å². The van der Waals surface area contributed by atoms with E-state index in [4.69, 9.17) is 17.3 Å². The van der Waals surface area contributed by atoms with Gasteiger partial charge in [0.05, 0.1) is 17.6 Å². The first-order valence-corrected chi connectivity index (χ1v) is 11.6. The van der Waals surface area contributed by atoms with Crippen molar-refractivity contribution in [1.82, 2.24) is 24.8 Å². The Morgan fingerprint density at radius 1 is 1.21 bits per heavy atom. The number of hydrogen-bond acceptors (Lipinski definition) is 6. The number of nitrogens with one attached hydrogen (secondary N) is 1. The molecule has 0 spiro atoms. The number of carbonyl (C=O) groups is 2. The lowest BCUT2D eigenvalue weighted by molar-refractivity contribution is -0.116. The summed E-state index contributed by atoms with van der Waals surface area (Å²) in [4.78, 5) is 41.1. The summed E-state index contributed by atoms with van der Waals surface area (Å²) in [6.07, 6.45) is 3.07. The summed E-state index contributed by atoms with van der Waals surface area (Å²) in [6, 6.07) is 12.5. The molecule has 1 saturated heterocycles. The smallest absolute Gasteiger partial charge is 0.270 e. The third kappa shape index (κ3) is 3.99. The number of aldehydes is 1. The third-order valence-corrected chi connectivity index (χ3v) is 6.83. The highest BCUT2D eigenvalue weighted by molar-refractivity contribution is 6.31. The highest BCUT2D eigenvalue weighted by Gasteiger charge is 2.38. The standard InChI is InChI=1S/C25H25ClN6O2/c1-2-22-23(13-33)31(12-15-3-5-18-20(9-15)28-14-29-24(18)27)7-8-32(22)25(34)21-11-16-10-17(26)4-6-19(16)30-21/h3-6,9-11,13-14,22-23,30H,2,7-8,12H2,1H3,(H2,27,28,29)/t22-,23?/m0/s1. The van der Waals surface area contributed by atoms with E-state index in [1.165, 1.54) is 6.33 Å². The van der Waals surface area contributed by atoms with Crippen LogP contribution >= 0.6 is 11.6 Å². The zero-order valence-electron chi connectivity index (χ0n) is 18.7. The van der Waals surface area contributed by atoms with Crippen LogP contribution in [0, 0.1) is 0 Å². The minimum atomic E-state index is -0.410. The molecule has 0 radical (unpaired) electrons. The Morgan fingerprint density at radius 2 is 2.06 bits per heavy atom. The van der Waals surface area contributed by atoms with E-state index >= 15 is 0 Å². The van der Waals surface area contributed by atoms with Gasteiger partial charge in [-0.1, -0.05) is 24.6 Å². The van der Waals surface area contributed by atoms with Gasteiger partial charge in [0.1, 0.15) is 24.1 Å². The van der Waals surface area contributed by atoms with Gasteiger partial charge in [-0.15, -0.1) is 0 Å². The maximum absolute atomic E-state index is 13.4. The SMILES string of the molecule is CC[C@H]1C(C=O)N(Cc2ccc3c(N)ncnc3c2)CCN1C(=O)c1cc2cc(Cl)ccc2[nH]1. The fourth-order valence-corrected chi connectivity index (χ4v) is 5.06. The Labute approximate surface area is 201 Å². The molecule has 1 unspecified atom stereocenters. The summed E-state index contributed by atoms with van der Waals surface area (Å²) >= 11 is 6.10. The van der Waals surface area contributed by atoms with Crippen molar-refractivity contribution in [3.05, 3.63) is 65.1 Å². The van der Waals surface area contributed by atoms with Gasteiger partial charge in [-0.2, -0.15) is 0 Å². The van der Waals surface area contributed by atoms with Crippen LogP contribution in [-0.4, -0.2) is 62.1 Å². The number of H-pyrrole nitrogens is 1. The van der Waals surface area contributed by atoms with E-state index in [9.17, 15) is 9.59 Å². The van der Waals surface area contributed by atoms with Crippen LogP contribution < -0.4 is 5.73 Å². The number of benzene rings is 2. The van der Waals surface area contributed by atoms with Gasteiger partial charge < -0.3 is 20.4 Å². The summed E-state index contributed by atoms with van der Waals surface area (Å²) in [5.41, 5.74) is 9.09. The number of piperazine rings is 1. The van der Waals surface area contributed by atoms with Gasteiger partial charge in [0, 0.05) is 40.9 Å². The molecular weight excluding hydrogens is 452 g/mol. The number of nitrogens with zero attached hydrogens (tertiary/aromatic N) is 4. The summed E-state index contributed by atoms with van der Waals surface area (Å²) in [7, 11) is 0. The Balaban J connectivity index is 1.38. The van der Waals surface area contributed by atoms with E-state index < -0.39 is 6.04 Å². The number of aromatic amines is 1. The number of hydrogen-bond donors (Lipinski definition) is 2. The number of aromatic nitrogens is 3. The van der Waals surface area contributed by atoms with Gasteiger partial charge in [-0.25, -0.2) is 9.97 Å². The normalized spacial score (nSPS) is 19.1. The van der Waals surface area contributed by atoms with Gasteiger partial charge in [-0.3, -0.25) is 9.69 Å². The number of fused-ring (bicyclic) bond motifs is 2. The molecule has 0 saturated carbocycles. The van der Waals surface area contributed by atoms with Crippen molar-refractivity contribution in [2.75, 3.05) is 18.8 Å². The summed E-state index contributed by atoms with van der Waals surface area (Å²) in [5, 5.41) is 2.31. The number of amides is 1. The lowest BCUT2D eigenvalue weighted by atomic mass is 9.98. The van der Waals surface area contributed by atoms with Gasteiger partial charge in [-0.05, 0) is 48.4 Å². The van der Waals surface area contributed by atoms with Crippen molar-refractivity contribution in [3.63, 3.8) is 0 Å². The highest BCUT2D eigenvalue weighted by atomic mass is 35.5. The first kappa shape index (κ1) is 22.3. The molecule has 34 heavy (non-hydrogen) atoms. The van der Waals surface area contributed by atoms with Crippen molar-refractivity contribution in [3.8, 4) is 0 Å². The Bertz CT molecular complexity index is 1390. The average Bonchev–Trinajstić information content (AvgIpc) is 3.26. The van der Waals surface area contributed by atoms with Crippen LogP contribution in [0.5, 0.6) is 0 Å². The van der Waals surface area contributed by atoms with E-state index in [0.29, 0.717) is 42.6 Å². The second-order valence-electron chi connectivity index (χ2n) is 8.60. The molecule has 9 heteroatoms. The first-order chi connectivity index (χ1) is 16.5. The molecule has 1 fully saturated rings. The summed E-state index contributed by atoms with van der Waals surface area (Å²) < 4.78 is 0. The Morgan fingerprint density at radius 3 is 2.85 bits per heavy atom. The summed E-state index contributed by atoms with van der Waals surface area (Å²) in [5.74, 6) is 0.336. The van der Waals surface area contributed by atoms with E-state index in [0.717, 1.165) is 33.7 Å². The molecule has 3 N–H and O–H groups in total. The van der Waals surface area contributed by atoms with E-state index in [1.54, 1.807) is 6.07 Å². The number of anilines is 1. The van der Waals surface area contributed by atoms with Crippen LogP contribution in [0.2, 0.25) is 5.02 Å². The molecule has 3 heterocycles. The molecule has 2 atom stereocenters. The fraction of sp³-hybridized carbons (Fsp3) is 0.280. The van der Waals surface area contributed by atoms with E-state index in [2.05, 4.69) is 19.9 Å². The lowest BCUT2D eigenvalue weighted by Crippen LogP contribution is -2.61. The largest absolute Gasteiger partial charge is 0.383 e. The second-order valence-corrected chi connectivity index (χ2v) is 9.03. The fourth-order valence-electron chi connectivity index (χ4n) is 4.88. The van der Waals surface area contributed by atoms with Crippen molar-refractivity contribution in [2.45, 2.75) is 32.0 Å². The van der Waals surface area contributed by atoms with Crippen molar-refractivity contribution in [2.24, 2.45) is 0 Å². The number of nitrogen functional groups attached to an aromatic ring is 1. The van der Waals surface area contributed by atoms with Crippen LogP contribution in [0.25, 0.3) is 21.8 Å². The zero-order chi connectivity index (χ0) is 23.8. The molecule has 5 rings (SSSR count). The minimum Gasteiger partial charge on any atom is -0.383 e. The molecule has 0 aliphatic carbocycles. The second kappa shape index (κ2) is 9.04. The quantitative estimate of drug-likeness (QED) is 0.425. The molecular formula is C25H25ClN6O2. The van der Waals surface area contributed by atoms with Gasteiger partial charge >= 0.3 is 0 Å². The number of halogens is 1. The molecule has 4 aromatic rings. The molecule has 1 amide bonds. The average molecular weight is 477 g/mol. The molecule has 1 aliphatic rings. The number of nitrogens with two attached hydrogens (primary N) is 1. The maximum atomic E-state index is 13.4. The van der Waals surface area contributed by atoms with Crippen LogP contribution in [0.1, 0.15) is 29.4 Å². The third-order valence-electron chi connectivity index (χ3n) is 6.59. The molecule has 0 bridgehead atoms. The van der Waals surface area contributed by atoms with Gasteiger partial charge in [0.25, 0.3) is 5.91 Å². The van der Waals surface area contributed by atoms with Crippen molar-refractivity contribution >= 4 is 51.4 Å². The van der Waals surface area contributed by atoms with Crippen molar-refractivity contribution in [1.29, 1.82) is 0 Å². The van der Waals surface area contributed by atoms with Crippen molar-refractivity contribution < 1.29 is 9.59 Å². The minimum absolute atomic E-state index is 0.108. The molecule has 8 nitrogen and oxygen atoms in total. The number of rotatable bonds is 5. The van der Waals surface area contributed by atoms with Crippen LogP contribution in [0.15, 0.2) is 48.8 Å².